The largest absolute Gasteiger partial charge is 0.340 e. The number of amides is 1. The Morgan fingerprint density at radius 3 is 2.10 bits per heavy atom. The topological polar surface area (TPSA) is 35.6 Å². The Labute approximate surface area is 235 Å². The lowest BCUT2D eigenvalue weighted by Gasteiger charge is -2.59. The highest BCUT2D eigenvalue weighted by atomic mass is 16.2. The number of rotatable bonds is 8. The monoisotopic (exact) mass is 525 g/mol. The van der Waals surface area contributed by atoms with Gasteiger partial charge in [0.1, 0.15) is 0 Å². The van der Waals surface area contributed by atoms with Crippen LogP contribution in [0.2, 0.25) is 0 Å². The van der Waals surface area contributed by atoms with Gasteiger partial charge in [-0.05, 0) is 64.9 Å². The lowest BCUT2D eigenvalue weighted by atomic mass is 9.49. The predicted octanol–water partition coefficient (Wildman–Crippen LogP) is 5.94. The van der Waals surface area contributed by atoms with Crippen LogP contribution in [-0.4, -0.2) is 54.5 Å². The molecule has 3 fully saturated rings. The van der Waals surface area contributed by atoms with Crippen LogP contribution in [0.1, 0.15) is 58.1 Å². The molecule has 39 heavy (non-hydrogen) atoms. The Morgan fingerprint density at radius 2 is 1.51 bits per heavy atom. The third-order valence-corrected chi connectivity index (χ3v) is 10.5. The van der Waals surface area contributed by atoms with Crippen molar-refractivity contribution in [3.8, 4) is 0 Å². The molecule has 5 aliphatic rings. The second kappa shape index (κ2) is 10.2. The number of hydrogen-bond donors (Lipinski definition) is 1. The van der Waals surface area contributed by atoms with Crippen LogP contribution in [0.4, 0.5) is 0 Å². The highest BCUT2D eigenvalue weighted by Crippen LogP contribution is 2.59. The molecule has 2 aromatic carbocycles. The van der Waals surface area contributed by atoms with Crippen molar-refractivity contribution in [3.63, 3.8) is 0 Å². The Morgan fingerprint density at radius 1 is 0.897 bits per heavy atom. The maximum atomic E-state index is 14.2. The summed E-state index contributed by atoms with van der Waals surface area (Å²) in [6.07, 6.45) is 7.15. The van der Waals surface area contributed by atoms with Crippen molar-refractivity contribution in [3.05, 3.63) is 83.4 Å². The summed E-state index contributed by atoms with van der Waals surface area (Å²) in [6, 6.07) is 20.7. The van der Waals surface area contributed by atoms with Crippen molar-refractivity contribution in [1.82, 2.24) is 15.1 Å². The Hall–Kier alpha value is -2.43. The molecule has 0 spiro atoms. The Balaban J connectivity index is 1.16. The Bertz CT molecular complexity index is 1190. The molecule has 5 atom stereocenters. The molecule has 4 nitrogen and oxygen atoms in total. The average Bonchev–Trinajstić information content (AvgIpc) is 2.90. The summed E-state index contributed by atoms with van der Waals surface area (Å²) in [5, 5.41) is 3.64. The fourth-order valence-electron chi connectivity index (χ4n) is 8.80. The van der Waals surface area contributed by atoms with Gasteiger partial charge in [-0.2, -0.15) is 0 Å². The number of nitrogens with one attached hydrogen (secondary N) is 1. The van der Waals surface area contributed by atoms with Gasteiger partial charge in [-0.1, -0.05) is 100 Å². The fraction of sp³-hybridized carbons (Fsp3) is 0.571. The first-order chi connectivity index (χ1) is 18.6. The zero-order valence-electron chi connectivity index (χ0n) is 24.5. The fourth-order valence-corrected chi connectivity index (χ4v) is 8.80. The van der Waals surface area contributed by atoms with Crippen molar-refractivity contribution in [2.24, 2.45) is 28.1 Å². The zero-order chi connectivity index (χ0) is 27.3. The first-order valence-corrected chi connectivity index (χ1v) is 15.1. The molecular formula is C35H47N3O. The van der Waals surface area contributed by atoms with E-state index < -0.39 is 0 Å². The molecule has 1 amide bonds. The van der Waals surface area contributed by atoms with E-state index in [-0.39, 0.29) is 22.8 Å². The molecule has 208 valence electrons. The van der Waals surface area contributed by atoms with E-state index in [1.807, 2.05) is 12.1 Å². The van der Waals surface area contributed by atoms with E-state index in [1.54, 1.807) is 5.57 Å². The van der Waals surface area contributed by atoms with Gasteiger partial charge < -0.3 is 10.2 Å². The van der Waals surface area contributed by atoms with E-state index in [9.17, 15) is 4.79 Å². The Kier molecular flexibility index (Phi) is 7.00. The minimum atomic E-state index is -0.226. The number of carbonyl (C=O) groups excluding carboxylic acids is 1. The number of hydrogen-bond acceptors (Lipinski definition) is 3. The first kappa shape index (κ1) is 26.8. The van der Waals surface area contributed by atoms with Gasteiger partial charge in [-0.3, -0.25) is 9.69 Å². The number of piperidine rings is 2. The normalized spacial score (nSPS) is 32.2. The highest BCUT2D eigenvalue weighted by Gasteiger charge is 2.53. The molecule has 2 heterocycles. The SMILES string of the molecule is CC12CN(CC3=CC[C@@H]4C[C@H]3C4(C)C)CC(C)(CN(C(=O)[C@H](Cc3ccccc3)NCc3ccccc3)C1)C2. The predicted molar refractivity (Wildman–Crippen MR) is 159 cm³/mol. The molecule has 1 N–H and O–H groups in total. The van der Waals surface area contributed by atoms with Gasteiger partial charge in [-0.25, -0.2) is 0 Å². The summed E-state index contributed by atoms with van der Waals surface area (Å²) in [5.41, 5.74) is 4.85. The molecule has 2 unspecified atom stereocenters. The minimum absolute atomic E-state index is 0.129. The molecule has 2 saturated heterocycles. The molecule has 4 heteroatoms. The highest BCUT2D eigenvalue weighted by molar-refractivity contribution is 5.82. The van der Waals surface area contributed by atoms with Crippen molar-refractivity contribution in [1.29, 1.82) is 0 Å². The summed E-state index contributed by atoms with van der Waals surface area (Å²) >= 11 is 0. The zero-order valence-corrected chi connectivity index (χ0v) is 24.5. The second-order valence-corrected chi connectivity index (χ2v) is 14.6. The van der Waals surface area contributed by atoms with E-state index in [0.717, 1.165) is 51.0 Å². The third kappa shape index (κ3) is 5.47. The molecule has 0 radical (unpaired) electrons. The van der Waals surface area contributed by atoms with Crippen molar-refractivity contribution in [2.75, 3.05) is 32.7 Å². The molecule has 2 aromatic rings. The van der Waals surface area contributed by atoms with Crippen LogP contribution in [0.25, 0.3) is 0 Å². The van der Waals surface area contributed by atoms with Gasteiger partial charge in [-0.15, -0.1) is 0 Å². The quantitative estimate of drug-likeness (QED) is 0.433. The molecule has 0 aromatic heterocycles. The number of allylic oxidation sites excluding steroid dienone is 1. The molecule has 4 bridgehead atoms. The van der Waals surface area contributed by atoms with E-state index >= 15 is 0 Å². The standard InChI is InChI=1S/C35H47N3O/c1-33(2)29-16-15-28(30(33)18-29)20-37-22-34(3)21-35(4,23-37)25-38(24-34)32(39)31(17-26-11-7-5-8-12-26)36-19-27-13-9-6-10-14-27/h5-15,29-31,36H,16-25H2,1-4H3/t29-,30-,31+,34?,35?/m1/s1. The van der Waals surface area contributed by atoms with Gasteiger partial charge >= 0.3 is 0 Å². The van der Waals surface area contributed by atoms with Crippen LogP contribution >= 0.6 is 0 Å². The van der Waals surface area contributed by atoms with E-state index in [0.29, 0.717) is 12.0 Å². The summed E-state index contributed by atoms with van der Waals surface area (Å²) in [6.45, 7) is 15.5. The first-order valence-electron chi connectivity index (χ1n) is 15.1. The molecule has 2 aliphatic heterocycles. The molecule has 1 saturated carbocycles. The van der Waals surface area contributed by atoms with Crippen LogP contribution in [-0.2, 0) is 17.8 Å². The number of nitrogens with zero attached hydrogens (tertiary/aromatic N) is 2. The van der Waals surface area contributed by atoms with Crippen LogP contribution in [0.5, 0.6) is 0 Å². The minimum Gasteiger partial charge on any atom is -0.340 e. The van der Waals surface area contributed by atoms with Gasteiger partial charge in [0.05, 0.1) is 6.04 Å². The summed E-state index contributed by atoms with van der Waals surface area (Å²) in [7, 11) is 0. The smallest absolute Gasteiger partial charge is 0.240 e. The maximum absolute atomic E-state index is 14.2. The number of likely N-dealkylation sites (tertiary alicyclic amines) is 2. The second-order valence-electron chi connectivity index (χ2n) is 14.6. The third-order valence-electron chi connectivity index (χ3n) is 10.5. The van der Waals surface area contributed by atoms with Gasteiger partial charge in [0, 0.05) is 39.3 Å². The average molecular weight is 526 g/mol. The number of fused-ring (bicyclic) bond motifs is 3. The summed E-state index contributed by atoms with van der Waals surface area (Å²) < 4.78 is 0. The van der Waals surface area contributed by atoms with Crippen molar-refractivity contribution >= 4 is 5.91 Å². The number of carbonyl (C=O) groups is 1. The van der Waals surface area contributed by atoms with Crippen molar-refractivity contribution < 1.29 is 4.79 Å². The van der Waals surface area contributed by atoms with Crippen LogP contribution in [0.3, 0.4) is 0 Å². The lowest BCUT2D eigenvalue weighted by molar-refractivity contribution is -0.147. The van der Waals surface area contributed by atoms with Gasteiger partial charge in [0.25, 0.3) is 0 Å². The lowest BCUT2D eigenvalue weighted by Crippen LogP contribution is -2.65. The summed E-state index contributed by atoms with van der Waals surface area (Å²) in [5.74, 6) is 1.92. The van der Waals surface area contributed by atoms with Crippen LogP contribution in [0.15, 0.2) is 72.3 Å². The van der Waals surface area contributed by atoms with Gasteiger partial charge in [0.2, 0.25) is 5.91 Å². The van der Waals surface area contributed by atoms with Crippen LogP contribution < -0.4 is 5.32 Å². The van der Waals surface area contributed by atoms with Crippen molar-refractivity contribution in [2.45, 2.75) is 66.0 Å². The number of benzene rings is 2. The molecular weight excluding hydrogens is 478 g/mol. The van der Waals surface area contributed by atoms with E-state index in [1.165, 1.54) is 30.4 Å². The summed E-state index contributed by atoms with van der Waals surface area (Å²) in [4.78, 5) is 19.1. The van der Waals surface area contributed by atoms with Gasteiger partial charge in [0.15, 0.2) is 0 Å². The molecule has 7 rings (SSSR count). The van der Waals surface area contributed by atoms with E-state index in [2.05, 4.69) is 97.4 Å². The molecule has 3 aliphatic carbocycles. The maximum Gasteiger partial charge on any atom is 0.240 e. The van der Waals surface area contributed by atoms with Crippen LogP contribution in [0, 0.1) is 28.1 Å². The van der Waals surface area contributed by atoms with E-state index in [4.69, 9.17) is 0 Å².